The second-order valence-electron chi connectivity index (χ2n) is 5.87. The fraction of sp³-hybridized carbons (Fsp3) is 0.150. The maximum absolute atomic E-state index is 13.1. The van der Waals surface area contributed by atoms with Gasteiger partial charge in [-0.3, -0.25) is 4.79 Å². The third kappa shape index (κ3) is 2.25. The Labute approximate surface area is 134 Å². The minimum Gasteiger partial charge on any atom is -0.506 e. The molecular weight excluding hydrogens is 286 g/mol. The van der Waals surface area contributed by atoms with Gasteiger partial charge in [0.25, 0.3) is 5.91 Å². The lowest BCUT2D eigenvalue weighted by Crippen LogP contribution is -2.35. The maximum Gasteiger partial charge on any atom is 0.259 e. The third-order valence-electron chi connectivity index (χ3n) is 4.46. The smallest absolute Gasteiger partial charge is 0.259 e. The van der Waals surface area contributed by atoms with Crippen LogP contribution in [0.4, 0.5) is 5.69 Å². The fourth-order valence-electron chi connectivity index (χ4n) is 3.39. The van der Waals surface area contributed by atoms with Crippen LogP contribution in [0.5, 0.6) is 5.75 Å². The number of rotatable bonds is 1. The summed E-state index contributed by atoms with van der Waals surface area (Å²) in [5.74, 6) is 0.125. The predicted molar refractivity (Wildman–Crippen MR) is 92.1 cm³/mol. The molecule has 0 fully saturated rings. The molecule has 23 heavy (non-hydrogen) atoms. The summed E-state index contributed by atoms with van der Waals surface area (Å²) in [7, 11) is 0. The van der Waals surface area contributed by atoms with E-state index in [1.165, 1.54) is 0 Å². The molecule has 3 aromatic rings. The summed E-state index contributed by atoms with van der Waals surface area (Å²) in [6, 6.07) is 19.1. The Hall–Kier alpha value is -2.81. The number of carbonyl (C=O) groups is 1. The zero-order valence-corrected chi connectivity index (χ0v) is 12.7. The topological polar surface area (TPSA) is 40.5 Å². The Morgan fingerprint density at radius 3 is 2.65 bits per heavy atom. The van der Waals surface area contributed by atoms with E-state index < -0.39 is 0 Å². The summed E-state index contributed by atoms with van der Waals surface area (Å²) in [6.45, 7) is 0.632. The van der Waals surface area contributed by atoms with Crippen LogP contribution in [0.2, 0.25) is 0 Å². The molecule has 0 bridgehead atoms. The van der Waals surface area contributed by atoms with E-state index >= 15 is 0 Å². The largest absolute Gasteiger partial charge is 0.506 e. The van der Waals surface area contributed by atoms with Crippen molar-refractivity contribution < 1.29 is 9.90 Å². The number of phenols is 1. The van der Waals surface area contributed by atoms with Gasteiger partial charge in [-0.2, -0.15) is 0 Å². The van der Waals surface area contributed by atoms with Crippen molar-refractivity contribution in [2.24, 2.45) is 0 Å². The summed E-state index contributed by atoms with van der Waals surface area (Å²) >= 11 is 0. The van der Waals surface area contributed by atoms with Crippen LogP contribution in [0.1, 0.15) is 22.3 Å². The molecule has 0 saturated heterocycles. The van der Waals surface area contributed by atoms with E-state index in [-0.39, 0.29) is 11.7 Å². The number of carbonyl (C=O) groups excluding carboxylic acids is 1. The molecule has 3 nitrogen and oxygen atoms in total. The number of anilines is 1. The number of aromatic hydroxyl groups is 1. The van der Waals surface area contributed by atoms with Crippen LogP contribution in [0.15, 0.2) is 60.7 Å². The predicted octanol–water partition coefficient (Wildman–Crippen LogP) is 4.14. The summed E-state index contributed by atoms with van der Waals surface area (Å²) in [5, 5.41) is 12.2. The SMILES string of the molecule is O=C(c1cccc2ccccc12)N1CCCc2cccc(O)c21. The summed E-state index contributed by atoms with van der Waals surface area (Å²) in [4.78, 5) is 14.9. The molecule has 0 radical (unpaired) electrons. The molecular formula is C20H17NO2. The maximum atomic E-state index is 13.1. The highest BCUT2D eigenvalue weighted by atomic mass is 16.3. The number of phenolic OH excluding ortho intramolecular Hbond substituents is 1. The Balaban J connectivity index is 1.85. The van der Waals surface area contributed by atoms with Gasteiger partial charge in [0.2, 0.25) is 0 Å². The van der Waals surface area contributed by atoms with E-state index in [4.69, 9.17) is 0 Å². The lowest BCUT2D eigenvalue weighted by Gasteiger charge is -2.30. The summed E-state index contributed by atoms with van der Waals surface area (Å²) in [5.41, 5.74) is 2.38. The Morgan fingerprint density at radius 1 is 0.957 bits per heavy atom. The van der Waals surface area contributed by atoms with Crippen LogP contribution >= 0.6 is 0 Å². The minimum absolute atomic E-state index is 0.0516. The van der Waals surface area contributed by atoms with Gasteiger partial charge in [0, 0.05) is 12.1 Å². The molecule has 0 saturated carbocycles. The molecule has 1 heterocycles. The number of hydrogen-bond acceptors (Lipinski definition) is 2. The van der Waals surface area contributed by atoms with Crippen molar-refractivity contribution in [2.45, 2.75) is 12.8 Å². The van der Waals surface area contributed by atoms with Crippen molar-refractivity contribution in [2.75, 3.05) is 11.4 Å². The number of amides is 1. The molecule has 3 aromatic carbocycles. The monoisotopic (exact) mass is 303 g/mol. The van der Waals surface area contributed by atoms with Crippen LogP contribution in [0.25, 0.3) is 10.8 Å². The lowest BCUT2D eigenvalue weighted by atomic mass is 9.98. The van der Waals surface area contributed by atoms with Crippen molar-refractivity contribution in [3.63, 3.8) is 0 Å². The average molecular weight is 303 g/mol. The fourth-order valence-corrected chi connectivity index (χ4v) is 3.39. The number of nitrogens with zero attached hydrogens (tertiary/aromatic N) is 1. The van der Waals surface area contributed by atoms with Crippen molar-refractivity contribution in [1.82, 2.24) is 0 Å². The zero-order chi connectivity index (χ0) is 15.8. The minimum atomic E-state index is -0.0516. The molecule has 114 valence electrons. The van der Waals surface area contributed by atoms with E-state index in [0.29, 0.717) is 17.8 Å². The Morgan fingerprint density at radius 2 is 1.74 bits per heavy atom. The number of benzene rings is 3. The second-order valence-corrected chi connectivity index (χ2v) is 5.87. The first-order valence-corrected chi connectivity index (χ1v) is 7.86. The van der Waals surface area contributed by atoms with Gasteiger partial charge in [-0.15, -0.1) is 0 Å². The molecule has 4 rings (SSSR count). The first kappa shape index (κ1) is 13.8. The summed E-state index contributed by atoms with van der Waals surface area (Å²) < 4.78 is 0. The molecule has 0 aliphatic carbocycles. The van der Waals surface area contributed by atoms with Crippen molar-refractivity contribution >= 4 is 22.4 Å². The van der Waals surface area contributed by atoms with Gasteiger partial charge in [-0.1, -0.05) is 48.5 Å². The number of fused-ring (bicyclic) bond motifs is 2. The molecule has 3 heteroatoms. The second kappa shape index (κ2) is 5.43. The lowest BCUT2D eigenvalue weighted by molar-refractivity contribution is 0.0986. The van der Waals surface area contributed by atoms with Crippen molar-refractivity contribution in [3.05, 3.63) is 71.8 Å². The van der Waals surface area contributed by atoms with Gasteiger partial charge < -0.3 is 10.0 Å². The Kier molecular flexibility index (Phi) is 3.27. The van der Waals surface area contributed by atoms with Crippen LogP contribution in [0.3, 0.4) is 0 Å². The first-order valence-electron chi connectivity index (χ1n) is 7.86. The highest BCUT2D eigenvalue weighted by Crippen LogP contribution is 2.36. The molecule has 1 amide bonds. The molecule has 0 spiro atoms. The van der Waals surface area contributed by atoms with Crippen LogP contribution in [-0.2, 0) is 6.42 Å². The first-order chi connectivity index (χ1) is 11.3. The molecule has 0 aromatic heterocycles. The van der Waals surface area contributed by atoms with Gasteiger partial charge in [0.15, 0.2) is 0 Å². The molecule has 0 unspecified atom stereocenters. The van der Waals surface area contributed by atoms with E-state index in [1.54, 1.807) is 11.0 Å². The quantitative estimate of drug-likeness (QED) is 0.734. The number of hydrogen-bond donors (Lipinski definition) is 1. The van der Waals surface area contributed by atoms with Crippen LogP contribution in [0, 0.1) is 0 Å². The van der Waals surface area contributed by atoms with E-state index in [9.17, 15) is 9.90 Å². The van der Waals surface area contributed by atoms with E-state index in [1.807, 2.05) is 54.6 Å². The highest BCUT2D eigenvalue weighted by Gasteiger charge is 2.26. The number of aryl methyl sites for hydroxylation is 1. The van der Waals surface area contributed by atoms with Gasteiger partial charge >= 0.3 is 0 Å². The van der Waals surface area contributed by atoms with E-state index in [0.717, 1.165) is 29.2 Å². The Bertz CT molecular complexity index is 896. The highest BCUT2D eigenvalue weighted by molar-refractivity contribution is 6.14. The van der Waals surface area contributed by atoms with Gasteiger partial charge in [0.1, 0.15) is 5.75 Å². The standard InChI is InChI=1S/C20H17NO2/c22-18-12-4-8-15-9-5-13-21(19(15)18)20(23)17-11-3-7-14-6-1-2-10-16(14)17/h1-4,6-8,10-12,22H,5,9,13H2. The molecule has 1 aliphatic rings. The third-order valence-corrected chi connectivity index (χ3v) is 4.46. The van der Waals surface area contributed by atoms with Crippen LogP contribution in [-0.4, -0.2) is 17.6 Å². The van der Waals surface area contributed by atoms with Gasteiger partial charge in [-0.05, 0) is 41.3 Å². The van der Waals surface area contributed by atoms with Crippen molar-refractivity contribution in [1.29, 1.82) is 0 Å². The van der Waals surface area contributed by atoms with Crippen LogP contribution < -0.4 is 4.90 Å². The van der Waals surface area contributed by atoms with Gasteiger partial charge in [-0.25, -0.2) is 0 Å². The average Bonchev–Trinajstić information content (AvgIpc) is 2.60. The van der Waals surface area contributed by atoms with Crippen molar-refractivity contribution in [3.8, 4) is 5.75 Å². The molecule has 0 atom stereocenters. The normalized spacial score (nSPS) is 13.8. The number of para-hydroxylation sites is 1. The van der Waals surface area contributed by atoms with Gasteiger partial charge in [0.05, 0.1) is 5.69 Å². The molecule has 1 N–H and O–H groups in total. The zero-order valence-electron chi connectivity index (χ0n) is 12.7. The summed E-state index contributed by atoms with van der Waals surface area (Å²) in [6.07, 6.45) is 1.80. The van der Waals surface area contributed by atoms with E-state index in [2.05, 4.69) is 0 Å². The molecule has 1 aliphatic heterocycles.